The fourth-order valence-electron chi connectivity index (χ4n) is 7.10. The first-order valence-electron chi connectivity index (χ1n) is 16.4. The van der Waals surface area contributed by atoms with Crippen molar-refractivity contribution in [1.29, 1.82) is 0 Å². The van der Waals surface area contributed by atoms with Crippen LogP contribution in [0, 0.1) is 0 Å². The number of hydrogen-bond donors (Lipinski definition) is 0. The lowest BCUT2D eigenvalue weighted by molar-refractivity contribution is 1.23. The summed E-state index contributed by atoms with van der Waals surface area (Å²) in [4.78, 5) is 15.2. The Morgan fingerprint density at radius 3 is 1.73 bits per heavy atom. The SMILES string of the molecule is c1ccc(-c2nc(-c3ccc(-c4ccc(-c5nc6ccc7ccccc7c6c6c5sc5ccccc56)cc4)cc3)c3ccccc3n2)cc1. The third-order valence-corrected chi connectivity index (χ3v) is 10.7. The van der Waals surface area contributed by atoms with E-state index >= 15 is 0 Å². The standard InChI is InChI=1S/C45H27N3S/c1-2-11-33(12-3-1)45-47-37-16-8-6-14-35(37)42(48-45)31-22-18-28(19-23-31)29-20-24-32(25-21-29)43-44-41(36-15-7-9-17-39(36)49-44)40-34-13-5-4-10-30(34)26-27-38(40)46-43/h1-27H. The van der Waals surface area contributed by atoms with Gasteiger partial charge in [-0.15, -0.1) is 11.3 Å². The molecule has 0 N–H and O–H groups in total. The van der Waals surface area contributed by atoms with Crippen molar-refractivity contribution in [3.05, 3.63) is 164 Å². The molecule has 0 bridgehead atoms. The topological polar surface area (TPSA) is 38.7 Å². The van der Waals surface area contributed by atoms with E-state index in [1.54, 1.807) is 0 Å². The van der Waals surface area contributed by atoms with E-state index in [1.807, 2.05) is 41.7 Å². The Morgan fingerprint density at radius 1 is 0.347 bits per heavy atom. The zero-order valence-electron chi connectivity index (χ0n) is 26.3. The number of para-hydroxylation sites is 1. The molecule has 49 heavy (non-hydrogen) atoms. The summed E-state index contributed by atoms with van der Waals surface area (Å²) in [5, 5.41) is 7.35. The Labute approximate surface area is 286 Å². The molecule has 10 rings (SSSR count). The molecule has 228 valence electrons. The van der Waals surface area contributed by atoms with E-state index in [1.165, 1.54) is 36.3 Å². The molecule has 0 radical (unpaired) electrons. The van der Waals surface area contributed by atoms with Crippen LogP contribution in [0.25, 0.3) is 97.8 Å². The third-order valence-electron chi connectivity index (χ3n) is 9.49. The van der Waals surface area contributed by atoms with Crippen molar-refractivity contribution >= 4 is 64.1 Å². The molecule has 0 aliphatic rings. The van der Waals surface area contributed by atoms with Gasteiger partial charge in [-0.3, -0.25) is 0 Å². The number of fused-ring (bicyclic) bond motifs is 8. The van der Waals surface area contributed by atoms with Gasteiger partial charge in [0.1, 0.15) is 0 Å². The second-order valence-corrected chi connectivity index (χ2v) is 13.4. The maximum atomic E-state index is 5.32. The number of nitrogens with zero attached hydrogens (tertiary/aromatic N) is 3. The van der Waals surface area contributed by atoms with Gasteiger partial charge in [-0.1, -0.05) is 146 Å². The average Bonchev–Trinajstić information content (AvgIpc) is 3.57. The van der Waals surface area contributed by atoms with E-state index in [0.29, 0.717) is 0 Å². The summed E-state index contributed by atoms with van der Waals surface area (Å²) in [6.07, 6.45) is 0. The lowest BCUT2D eigenvalue weighted by atomic mass is 9.97. The average molecular weight is 642 g/mol. The zero-order valence-corrected chi connectivity index (χ0v) is 27.2. The molecule has 10 aromatic rings. The lowest BCUT2D eigenvalue weighted by Crippen LogP contribution is -1.95. The molecule has 3 heterocycles. The number of thiophene rings is 1. The van der Waals surface area contributed by atoms with Gasteiger partial charge in [0.05, 0.1) is 27.1 Å². The normalized spacial score (nSPS) is 11.7. The van der Waals surface area contributed by atoms with Crippen molar-refractivity contribution in [2.24, 2.45) is 0 Å². The molecular weight excluding hydrogens is 615 g/mol. The summed E-state index contributed by atoms with van der Waals surface area (Å²) in [6.45, 7) is 0. The van der Waals surface area contributed by atoms with Crippen molar-refractivity contribution in [2.45, 2.75) is 0 Å². The highest BCUT2D eigenvalue weighted by molar-refractivity contribution is 7.26. The van der Waals surface area contributed by atoms with Gasteiger partial charge in [0.2, 0.25) is 0 Å². The number of aromatic nitrogens is 3. The fourth-order valence-corrected chi connectivity index (χ4v) is 8.32. The molecule has 0 unspecified atom stereocenters. The van der Waals surface area contributed by atoms with E-state index < -0.39 is 0 Å². The number of pyridine rings is 1. The molecule has 3 aromatic heterocycles. The molecule has 0 amide bonds. The van der Waals surface area contributed by atoms with E-state index in [-0.39, 0.29) is 0 Å². The van der Waals surface area contributed by atoms with Crippen LogP contribution in [0.1, 0.15) is 0 Å². The highest BCUT2D eigenvalue weighted by atomic mass is 32.1. The smallest absolute Gasteiger partial charge is 0.160 e. The highest BCUT2D eigenvalue weighted by Gasteiger charge is 2.18. The third kappa shape index (κ3) is 4.61. The molecule has 4 heteroatoms. The first kappa shape index (κ1) is 27.8. The van der Waals surface area contributed by atoms with Gasteiger partial charge in [-0.25, -0.2) is 15.0 Å². The van der Waals surface area contributed by atoms with Crippen molar-refractivity contribution in [1.82, 2.24) is 15.0 Å². The summed E-state index contributed by atoms with van der Waals surface area (Å²) in [5.74, 6) is 0.734. The molecule has 0 aliphatic heterocycles. The summed E-state index contributed by atoms with van der Waals surface area (Å²) >= 11 is 1.83. The van der Waals surface area contributed by atoms with Crippen LogP contribution in [0.4, 0.5) is 0 Å². The van der Waals surface area contributed by atoms with Crippen molar-refractivity contribution in [3.8, 4) is 45.0 Å². The molecule has 0 fully saturated rings. The minimum atomic E-state index is 0.734. The Hall–Kier alpha value is -6.23. The second-order valence-electron chi connectivity index (χ2n) is 12.4. The predicted molar refractivity (Wildman–Crippen MR) is 207 cm³/mol. The van der Waals surface area contributed by atoms with Gasteiger partial charge in [0.15, 0.2) is 5.82 Å². The maximum Gasteiger partial charge on any atom is 0.160 e. The van der Waals surface area contributed by atoms with E-state index in [4.69, 9.17) is 15.0 Å². The van der Waals surface area contributed by atoms with Crippen molar-refractivity contribution < 1.29 is 0 Å². The van der Waals surface area contributed by atoms with Crippen LogP contribution in [0.3, 0.4) is 0 Å². The van der Waals surface area contributed by atoms with Crippen LogP contribution in [0.2, 0.25) is 0 Å². The number of rotatable bonds is 4. The van der Waals surface area contributed by atoms with Crippen LogP contribution in [0.15, 0.2) is 164 Å². The highest BCUT2D eigenvalue weighted by Crippen LogP contribution is 2.44. The Balaban J connectivity index is 1.06. The van der Waals surface area contributed by atoms with Crippen LogP contribution >= 0.6 is 11.3 Å². The van der Waals surface area contributed by atoms with Crippen molar-refractivity contribution in [2.75, 3.05) is 0 Å². The Morgan fingerprint density at radius 2 is 0.959 bits per heavy atom. The van der Waals surface area contributed by atoms with Gasteiger partial charge >= 0.3 is 0 Å². The predicted octanol–water partition coefficient (Wildman–Crippen LogP) is 12.4. The summed E-state index contributed by atoms with van der Waals surface area (Å²) < 4.78 is 2.51. The van der Waals surface area contributed by atoms with Crippen LogP contribution < -0.4 is 0 Å². The fraction of sp³-hybridized carbons (Fsp3) is 0. The van der Waals surface area contributed by atoms with E-state index in [9.17, 15) is 0 Å². The minimum Gasteiger partial charge on any atom is -0.246 e. The van der Waals surface area contributed by atoms with E-state index in [0.717, 1.165) is 61.4 Å². The first-order valence-corrected chi connectivity index (χ1v) is 17.3. The molecule has 0 atom stereocenters. The van der Waals surface area contributed by atoms with Gasteiger partial charge in [0.25, 0.3) is 0 Å². The van der Waals surface area contributed by atoms with Gasteiger partial charge < -0.3 is 0 Å². The van der Waals surface area contributed by atoms with Crippen LogP contribution in [-0.2, 0) is 0 Å². The number of hydrogen-bond acceptors (Lipinski definition) is 4. The molecule has 0 aliphatic carbocycles. The Kier molecular flexibility index (Phi) is 6.36. The molecule has 0 spiro atoms. The minimum absolute atomic E-state index is 0.734. The van der Waals surface area contributed by atoms with Gasteiger partial charge in [-0.05, 0) is 40.1 Å². The quantitative estimate of drug-likeness (QED) is 0.180. The molecule has 0 saturated carbocycles. The van der Waals surface area contributed by atoms with Crippen LogP contribution in [-0.4, -0.2) is 15.0 Å². The van der Waals surface area contributed by atoms with Gasteiger partial charge in [-0.2, -0.15) is 0 Å². The monoisotopic (exact) mass is 641 g/mol. The lowest BCUT2D eigenvalue weighted by Gasteiger charge is -2.11. The Bertz CT molecular complexity index is 2860. The largest absolute Gasteiger partial charge is 0.246 e. The van der Waals surface area contributed by atoms with Crippen molar-refractivity contribution in [3.63, 3.8) is 0 Å². The molecule has 3 nitrogen and oxygen atoms in total. The summed E-state index contributed by atoms with van der Waals surface area (Å²) in [7, 11) is 0. The molecular formula is C45H27N3S. The second kappa shape index (κ2) is 11.2. The van der Waals surface area contributed by atoms with E-state index in [2.05, 4.69) is 133 Å². The maximum absolute atomic E-state index is 5.32. The summed E-state index contributed by atoms with van der Waals surface area (Å²) in [6, 6.07) is 57.7. The molecule has 7 aromatic carbocycles. The molecule has 0 saturated heterocycles. The summed E-state index contributed by atoms with van der Waals surface area (Å²) in [5.41, 5.74) is 9.44. The first-order chi connectivity index (χ1) is 24.3. The number of benzene rings is 7. The van der Waals surface area contributed by atoms with Crippen LogP contribution in [0.5, 0.6) is 0 Å². The van der Waals surface area contributed by atoms with Gasteiger partial charge in [0, 0.05) is 42.9 Å². The zero-order chi connectivity index (χ0) is 32.3.